The maximum atomic E-state index is 12.6. The van der Waals surface area contributed by atoms with Crippen LogP contribution in [-0.2, 0) is 4.79 Å². The van der Waals surface area contributed by atoms with Crippen LogP contribution in [0, 0.1) is 0 Å². The van der Waals surface area contributed by atoms with Gasteiger partial charge in [0.05, 0.1) is 7.11 Å². The zero-order chi connectivity index (χ0) is 11.5. The largest absolute Gasteiger partial charge is 0.501 e. The molecule has 0 saturated heterocycles. The molecule has 1 aromatic rings. The van der Waals surface area contributed by atoms with Crippen molar-refractivity contribution >= 4 is 5.97 Å². The molecule has 0 aliphatic rings. The zero-order valence-corrected chi connectivity index (χ0v) is 7.74. The van der Waals surface area contributed by atoms with E-state index in [2.05, 4.69) is 4.74 Å². The number of ether oxygens (including phenoxy) is 2. The van der Waals surface area contributed by atoms with Crippen LogP contribution in [0.2, 0.25) is 0 Å². The van der Waals surface area contributed by atoms with Gasteiger partial charge in [0.1, 0.15) is 11.5 Å². The van der Waals surface area contributed by atoms with Crippen molar-refractivity contribution in [3.63, 3.8) is 0 Å². The van der Waals surface area contributed by atoms with E-state index in [9.17, 15) is 13.6 Å². The van der Waals surface area contributed by atoms with Gasteiger partial charge < -0.3 is 14.6 Å². The van der Waals surface area contributed by atoms with E-state index in [1.807, 2.05) is 0 Å². The third-order valence-corrected chi connectivity index (χ3v) is 1.55. The number of carbonyl (C=O) groups is 1. The van der Waals surface area contributed by atoms with Gasteiger partial charge in [-0.1, -0.05) is 0 Å². The molecule has 0 saturated carbocycles. The van der Waals surface area contributed by atoms with Gasteiger partial charge in [0, 0.05) is 0 Å². The Labute approximate surface area is 84.0 Å². The summed E-state index contributed by atoms with van der Waals surface area (Å²) in [4.78, 5) is 10.0. The fourth-order valence-corrected chi connectivity index (χ4v) is 0.835. The molecule has 4 nitrogen and oxygen atoms in total. The van der Waals surface area contributed by atoms with Gasteiger partial charge in [-0.15, -0.1) is 0 Å². The number of carboxylic acid groups (broad SMARTS) is 1. The van der Waals surface area contributed by atoms with Crippen molar-refractivity contribution in [2.24, 2.45) is 0 Å². The van der Waals surface area contributed by atoms with Crippen molar-refractivity contribution < 1.29 is 28.2 Å². The standard InChI is InChI=1S/C9H8F2O4/c1-14-6-2-4-7(5-3-6)15-9(10,11)8(12)13/h2-5H,1H3,(H,12,13). The first-order valence-corrected chi connectivity index (χ1v) is 3.90. The monoisotopic (exact) mass is 218 g/mol. The number of halogens is 2. The van der Waals surface area contributed by atoms with E-state index >= 15 is 0 Å². The second-order valence-electron chi connectivity index (χ2n) is 2.60. The quantitative estimate of drug-likeness (QED) is 0.836. The van der Waals surface area contributed by atoms with Gasteiger partial charge in [-0.3, -0.25) is 0 Å². The Hall–Kier alpha value is -1.85. The minimum absolute atomic E-state index is 0.247. The number of rotatable bonds is 4. The summed E-state index contributed by atoms with van der Waals surface area (Å²) in [5.74, 6) is -2.12. The zero-order valence-electron chi connectivity index (χ0n) is 7.74. The smallest absolute Gasteiger partial charge is 0.497 e. The summed E-state index contributed by atoms with van der Waals surface area (Å²) < 4.78 is 33.9. The van der Waals surface area contributed by atoms with E-state index in [1.165, 1.54) is 31.4 Å². The molecule has 0 aromatic heterocycles. The lowest BCUT2D eigenvalue weighted by atomic mass is 10.3. The third-order valence-electron chi connectivity index (χ3n) is 1.55. The SMILES string of the molecule is COc1ccc(OC(F)(F)C(=O)O)cc1. The van der Waals surface area contributed by atoms with Gasteiger partial charge in [0.25, 0.3) is 0 Å². The molecular weight excluding hydrogens is 210 g/mol. The molecule has 0 bridgehead atoms. The number of aliphatic carboxylic acids is 1. The fraction of sp³-hybridized carbons (Fsp3) is 0.222. The summed E-state index contributed by atoms with van der Waals surface area (Å²) in [7, 11) is 1.42. The fourth-order valence-electron chi connectivity index (χ4n) is 0.835. The molecule has 1 aromatic carbocycles. The van der Waals surface area contributed by atoms with Crippen molar-refractivity contribution in [1.29, 1.82) is 0 Å². The summed E-state index contributed by atoms with van der Waals surface area (Å²) in [6.45, 7) is 0. The Bertz CT molecular complexity index is 348. The second-order valence-corrected chi connectivity index (χ2v) is 2.60. The number of benzene rings is 1. The molecular formula is C9H8F2O4. The molecule has 1 rings (SSSR count). The highest BCUT2D eigenvalue weighted by atomic mass is 19.3. The maximum Gasteiger partial charge on any atom is 0.501 e. The van der Waals surface area contributed by atoms with Gasteiger partial charge in [0.15, 0.2) is 0 Å². The Morgan fingerprint density at radius 3 is 2.13 bits per heavy atom. The van der Waals surface area contributed by atoms with Crippen LogP contribution in [0.3, 0.4) is 0 Å². The number of carboxylic acids is 1. The summed E-state index contributed by atoms with van der Waals surface area (Å²) in [6.07, 6.45) is -4.23. The average Bonchev–Trinajstić information content (AvgIpc) is 2.18. The lowest BCUT2D eigenvalue weighted by molar-refractivity contribution is -0.210. The Morgan fingerprint density at radius 2 is 1.73 bits per heavy atom. The van der Waals surface area contributed by atoms with E-state index in [-0.39, 0.29) is 5.75 Å². The normalized spacial score (nSPS) is 10.9. The molecule has 0 radical (unpaired) electrons. The topological polar surface area (TPSA) is 55.8 Å². The van der Waals surface area contributed by atoms with Crippen LogP contribution in [0.15, 0.2) is 24.3 Å². The Balaban J connectivity index is 2.77. The average molecular weight is 218 g/mol. The van der Waals surface area contributed by atoms with Crippen LogP contribution in [0.25, 0.3) is 0 Å². The summed E-state index contributed by atoms with van der Waals surface area (Å²) in [6, 6.07) is 5.14. The van der Waals surface area contributed by atoms with Crippen LogP contribution in [0.1, 0.15) is 0 Å². The van der Waals surface area contributed by atoms with Crippen molar-refractivity contribution in [2.45, 2.75) is 6.11 Å². The van der Waals surface area contributed by atoms with Gasteiger partial charge in [-0.25, -0.2) is 4.79 Å². The molecule has 0 heterocycles. The number of hydrogen-bond donors (Lipinski definition) is 1. The van der Waals surface area contributed by atoms with Gasteiger partial charge >= 0.3 is 12.1 Å². The third kappa shape index (κ3) is 2.80. The number of hydrogen-bond acceptors (Lipinski definition) is 3. The second kappa shape index (κ2) is 4.12. The van der Waals surface area contributed by atoms with Crippen molar-refractivity contribution in [3.8, 4) is 11.5 Å². The molecule has 0 unspecified atom stereocenters. The van der Waals surface area contributed by atoms with Crippen molar-refractivity contribution in [2.75, 3.05) is 7.11 Å². The summed E-state index contributed by atoms with van der Waals surface area (Å²) in [5, 5.41) is 8.10. The Morgan fingerprint density at radius 1 is 1.27 bits per heavy atom. The predicted molar refractivity (Wildman–Crippen MR) is 46.2 cm³/mol. The summed E-state index contributed by atoms with van der Waals surface area (Å²) in [5.41, 5.74) is 0. The van der Waals surface area contributed by atoms with Crippen molar-refractivity contribution in [3.05, 3.63) is 24.3 Å². The van der Waals surface area contributed by atoms with E-state index in [1.54, 1.807) is 0 Å². The maximum absolute atomic E-state index is 12.6. The molecule has 0 amide bonds. The van der Waals surface area contributed by atoms with Gasteiger partial charge in [-0.2, -0.15) is 8.78 Å². The molecule has 1 N–H and O–H groups in total. The van der Waals surface area contributed by atoms with Crippen LogP contribution in [-0.4, -0.2) is 24.3 Å². The molecule has 82 valence electrons. The van der Waals surface area contributed by atoms with Gasteiger partial charge in [0.2, 0.25) is 0 Å². The Kier molecular flexibility index (Phi) is 3.08. The molecule has 0 spiro atoms. The minimum Gasteiger partial charge on any atom is -0.497 e. The van der Waals surface area contributed by atoms with Crippen molar-refractivity contribution in [1.82, 2.24) is 0 Å². The van der Waals surface area contributed by atoms with E-state index in [4.69, 9.17) is 9.84 Å². The number of alkyl halides is 2. The lowest BCUT2D eigenvalue weighted by Gasteiger charge is -2.13. The minimum atomic E-state index is -4.23. The molecule has 6 heteroatoms. The van der Waals surface area contributed by atoms with Crippen LogP contribution < -0.4 is 9.47 Å². The van der Waals surface area contributed by atoms with Crippen LogP contribution in [0.5, 0.6) is 11.5 Å². The first kappa shape index (κ1) is 11.2. The highest BCUT2D eigenvalue weighted by molar-refractivity contribution is 5.73. The highest BCUT2D eigenvalue weighted by Crippen LogP contribution is 2.23. The van der Waals surface area contributed by atoms with E-state index < -0.39 is 12.1 Å². The molecule has 0 atom stereocenters. The molecule has 0 aliphatic heterocycles. The summed E-state index contributed by atoms with van der Waals surface area (Å²) >= 11 is 0. The molecule has 0 fully saturated rings. The van der Waals surface area contributed by atoms with E-state index in [0.717, 1.165) is 0 Å². The van der Waals surface area contributed by atoms with Crippen LogP contribution in [0.4, 0.5) is 8.78 Å². The lowest BCUT2D eigenvalue weighted by Crippen LogP contribution is -2.34. The predicted octanol–water partition coefficient (Wildman–Crippen LogP) is 1.75. The first-order valence-electron chi connectivity index (χ1n) is 3.90. The van der Waals surface area contributed by atoms with Gasteiger partial charge in [-0.05, 0) is 24.3 Å². The first-order chi connectivity index (χ1) is 6.95. The number of methoxy groups -OCH3 is 1. The molecule has 0 aliphatic carbocycles. The molecule has 15 heavy (non-hydrogen) atoms. The van der Waals surface area contributed by atoms with Crippen LogP contribution >= 0.6 is 0 Å². The van der Waals surface area contributed by atoms with E-state index in [0.29, 0.717) is 5.75 Å². The highest BCUT2D eigenvalue weighted by Gasteiger charge is 2.42.